The summed E-state index contributed by atoms with van der Waals surface area (Å²) in [7, 11) is 0. The van der Waals surface area contributed by atoms with E-state index in [1.165, 1.54) is 0 Å². The van der Waals surface area contributed by atoms with E-state index in [1.807, 2.05) is 16.9 Å². The third-order valence-corrected chi connectivity index (χ3v) is 4.26. The van der Waals surface area contributed by atoms with Gasteiger partial charge >= 0.3 is 0 Å². The van der Waals surface area contributed by atoms with E-state index in [1.54, 1.807) is 11.8 Å². The van der Waals surface area contributed by atoms with Crippen LogP contribution in [0.3, 0.4) is 0 Å². The second-order valence-corrected chi connectivity index (χ2v) is 6.68. The van der Waals surface area contributed by atoms with E-state index in [4.69, 9.17) is 5.11 Å². The minimum Gasteiger partial charge on any atom is -0.395 e. The first-order valence-corrected chi connectivity index (χ1v) is 8.81. The quantitative estimate of drug-likeness (QED) is 0.608. The van der Waals surface area contributed by atoms with Crippen LogP contribution in [0.5, 0.6) is 0 Å². The van der Waals surface area contributed by atoms with Crippen molar-refractivity contribution in [1.29, 1.82) is 0 Å². The highest BCUT2D eigenvalue weighted by Crippen LogP contribution is 2.22. The smallest absolute Gasteiger partial charge is 0.255 e. The molecule has 1 heterocycles. The lowest BCUT2D eigenvalue weighted by molar-refractivity contribution is 0.292. The second kappa shape index (κ2) is 7.81. The predicted molar refractivity (Wildman–Crippen MR) is 93.6 cm³/mol. The van der Waals surface area contributed by atoms with Crippen LogP contribution in [0, 0.1) is 5.92 Å². The highest BCUT2D eigenvalue weighted by molar-refractivity contribution is 7.98. The summed E-state index contributed by atoms with van der Waals surface area (Å²) in [6, 6.07) is 8.22. The number of hydrogen-bond donors (Lipinski definition) is 2. The molecule has 0 aliphatic rings. The number of rotatable bonds is 7. The third-order valence-electron chi connectivity index (χ3n) is 3.53. The molecule has 0 spiro atoms. The van der Waals surface area contributed by atoms with Crippen LogP contribution in [0.1, 0.15) is 19.4 Å². The van der Waals surface area contributed by atoms with Crippen molar-refractivity contribution in [3.8, 4) is 0 Å². The average Bonchev–Trinajstić information content (AvgIpc) is 2.50. The minimum atomic E-state index is 0.0601. The normalized spacial score (nSPS) is 11.5. The lowest BCUT2D eigenvalue weighted by Gasteiger charge is -2.16. The predicted octanol–water partition coefficient (Wildman–Crippen LogP) is 2.46. The zero-order valence-electron chi connectivity index (χ0n) is 13.4. The molecule has 0 aliphatic carbocycles. The molecule has 22 heavy (non-hydrogen) atoms. The van der Waals surface area contributed by atoms with Crippen LogP contribution < -0.4 is 10.9 Å². The Morgan fingerprint density at radius 2 is 2.09 bits per heavy atom. The molecule has 0 bridgehead atoms. The van der Waals surface area contributed by atoms with Gasteiger partial charge in [-0.25, -0.2) is 0 Å². The Bertz CT molecular complexity index is 695. The molecule has 1 aromatic carbocycles. The van der Waals surface area contributed by atoms with Gasteiger partial charge in [-0.1, -0.05) is 19.9 Å². The first-order chi connectivity index (χ1) is 10.6. The maximum absolute atomic E-state index is 12.8. The van der Waals surface area contributed by atoms with E-state index in [2.05, 4.69) is 37.4 Å². The SMILES string of the molecule is CSc1ccc2cc(CNCCO)c(=O)n(CC(C)C)c2c1. The molecule has 2 rings (SSSR count). The molecule has 0 amide bonds. The van der Waals surface area contributed by atoms with E-state index in [-0.39, 0.29) is 12.2 Å². The number of aliphatic hydroxyl groups excluding tert-OH is 1. The number of benzene rings is 1. The molecule has 0 saturated carbocycles. The number of pyridine rings is 1. The van der Waals surface area contributed by atoms with E-state index < -0.39 is 0 Å². The molecule has 0 atom stereocenters. The summed E-state index contributed by atoms with van der Waals surface area (Å²) in [5.41, 5.74) is 1.81. The van der Waals surface area contributed by atoms with Crippen LogP contribution in [-0.2, 0) is 13.1 Å². The largest absolute Gasteiger partial charge is 0.395 e. The zero-order valence-corrected chi connectivity index (χ0v) is 14.2. The lowest BCUT2D eigenvalue weighted by atomic mass is 10.1. The van der Waals surface area contributed by atoms with Crippen molar-refractivity contribution in [2.45, 2.75) is 31.8 Å². The number of hydrogen-bond acceptors (Lipinski definition) is 4. The summed E-state index contributed by atoms with van der Waals surface area (Å²) in [6.45, 7) is 6.00. The highest BCUT2D eigenvalue weighted by Gasteiger charge is 2.11. The number of nitrogens with zero attached hydrogens (tertiary/aromatic N) is 1. The molecule has 0 unspecified atom stereocenters. The molecule has 1 aromatic heterocycles. The lowest BCUT2D eigenvalue weighted by Crippen LogP contribution is -2.29. The monoisotopic (exact) mass is 320 g/mol. The van der Waals surface area contributed by atoms with Gasteiger partial charge in [0, 0.05) is 30.1 Å². The molecule has 2 aromatic rings. The van der Waals surface area contributed by atoms with E-state index >= 15 is 0 Å². The Morgan fingerprint density at radius 1 is 1.32 bits per heavy atom. The number of thioether (sulfide) groups is 1. The van der Waals surface area contributed by atoms with Crippen LogP contribution in [-0.4, -0.2) is 29.1 Å². The van der Waals surface area contributed by atoms with Crippen molar-refractivity contribution in [3.05, 3.63) is 40.2 Å². The molecule has 120 valence electrons. The summed E-state index contributed by atoms with van der Waals surface area (Å²) in [5, 5.41) is 13.0. The molecule has 0 aliphatic heterocycles. The van der Waals surface area contributed by atoms with E-state index in [0.717, 1.165) is 21.4 Å². The summed E-state index contributed by atoms with van der Waals surface area (Å²) in [6.07, 6.45) is 2.04. The topological polar surface area (TPSA) is 54.3 Å². The van der Waals surface area contributed by atoms with Gasteiger partial charge in [-0.3, -0.25) is 4.79 Å². The van der Waals surface area contributed by atoms with Crippen molar-refractivity contribution in [2.75, 3.05) is 19.4 Å². The van der Waals surface area contributed by atoms with Gasteiger partial charge in [0.15, 0.2) is 0 Å². The van der Waals surface area contributed by atoms with Gasteiger partial charge in [0.2, 0.25) is 0 Å². The fraction of sp³-hybridized carbons (Fsp3) is 0.471. The van der Waals surface area contributed by atoms with Gasteiger partial charge in [0.25, 0.3) is 5.56 Å². The first-order valence-electron chi connectivity index (χ1n) is 7.59. The first kappa shape index (κ1) is 17.1. The Kier molecular flexibility index (Phi) is 6.06. The summed E-state index contributed by atoms with van der Waals surface area (Å²) in [5.74, 6) is 0.402. The van der Waals surface area contributed by atoms with Crippen LogP contribution >= 0.6 is 11.8 Å². The van der Waals surface area contributed by atoms with Crippen LogP contribution in [0.4, 0.5) is 0 Å². The third kappa shape index (κ3) is 3.91. The standard InChI is InChI=1S/C17H24N2O2S/c1-12(2)11-19-16-9-15(22-3)5-4-13(16)8-14(17(19)21)10-18-6-7-20/h4-5,8-9,12,18,20H,6-7,10-11H2,1-3H3. The molecule has 4 nitrogen and oxygen atoms in total. The van der Waals surface area contributed by atoms with Crippen LogP contribution in [0.25, 0.3) is 10.9 Å². The van der Waals surface area contributed by atoms with E-state index in [9.17, 15) is 4.79 Å². The molecular weight excluding hydrogens is 296 g/mol. The Morgan fingerprint density at radius 3 is 2.73 bits per heavy atom. The van der Waals surface area contributed by atoms with Crippen LogP contribution in [0.2, 0.25) is 0 Å². The fourth-order valence-electron chi connectivity index (χ4n) is 2.51. The molecule has 0 radical (unpaired) electrons. The van der Waals surface area contributed by atoms with Crippen molar-refractivity contribution < 1.29 is 5.11 Å². The van der Waals surface area contributed by atoms with Crippen LogP contribution in [0.15, 0.2) is 34.0 Å². The number of fused-ring (bicyclic) bond motifs is 1. The molecule has 5 heteroatoms. The fourth-order valence-corrected chi connectivity index (χ4v) is 2.95. The molecule has 0 fully saturated rings. The molecular formula is C17H24N2O2S. The second-order valence-electron chi connectivity index (χ2n) is 5.80. The number of aliphatic hydroxyl groups is 1. The summed E-state index contributed by atoms with van der Waals surface area (Å²) in [4.78, 5) is 13.9. The van der Waals surface area contributed by atoms with Gasteiger partial charge in [0.05, 0.1) is 12.1 Å². The minimum absolute atomic E-state index is 0.0601. The van der Waals surface area contributed by atoms with Gasteiger partial charge in [-0.2, -0.15) is 0 Å². The van der Waals surface area contributed by atoms with Crippen molar-refractivity contribution in [3.63, 3.8) is 0 Å². The van der Waals surface area contributed by atoms with Crippen molar-refractivity contribution in [1.82, 2.24) is 9.88 Å². The molecule has 2 N–H and O–H groups in total. The maximum atomic E-state index is 12.8. The number of nitrogens with one attached hydrogen (secondary N) is 1. The summed E-state index contributed by atoms with van der Waals surface area (Å²) < 4.78 is 1.88. The van der Waals surface area contributed by atoms with Crippen molar-refractivity contribution in [2.24, 2.45) is 5.92 Å². The van der Waals surface area contributed by atoms with Gasteiger partial charge in [-0.05, 0) is 35.8 Å². The summed E-state index contributed by atoms with van der Waals surface area (Å²) >= 11 is 1.68. The maximum Gasteiger partial charge on any atom is 0.255 e. The zero-order chi connectivity index (χ0) is 16.1. The Hall–Kier alpha value is -1.30. The van der Waals surface area contributed by atoms with Crippen molar-refractivity contribution >= 4 is 22.7 Å². The van der Waals surface area contributed by atoms with E-state index in [0.29, 0.717) is 25.6 Å². The number of aromatic nitrogens is 1. The molecule has 0 saturated heterocycles. The van der Waals surface area contributed by atoms with Gasteiger partial charge < -0.3 is 15.0 Å². The van der Waals surface area contributed by atoms with Gasteiger partial charge in [0.1, 0.15) is 0 Å². The van der Waals surface area contributed by atoms with Gasteiger partial charge in [-0.15, -0.1) is 11.8 Å². The average molecular weight is 320 g/mol. The highest BCUT2D eigenvalue weighted by atomic mass is 32.2. The Balaban J connectivity index is 2.55. The Labute approximate surface area is 135 Å².